The number of amidine groups is 1. The van der Waals surface area contributed by atoms with Crippen molar-refractivity contribution in [2.45, 2.75) is 45.2 Å². The third-order valence-corrected chi connectivity index (χ3v) is 5.93. The lowest BCUT2D eigenvalue weighted by Gasteiger charge is -2.39. The molecule has 1 fully saturated rings. The van der Waals surface area contributed by atoms with Crippen molar-refractivity contribution in [3.8, 4) is 16.9 Å². The smallest absolute Gasteiger partial charge is 0.262 e. The number of carbonyl (C=O) groups excluding carboxylic acids is 1. The summed E-state index contributed by atoms with van der Waals surface area (Å²) >= 11 is 0. The van der Waals surface area contributed by atoms with Gasteiger partial charge in [-0.25, -0.2) is 9.82 Å². The Balaban J connectivity index is 1.67. The number of ether oxygens (including phenoxy) is 1. The summed E-state index contributed by atoms with van der Waals surface area (Å²) in [6, 6.07) is 8.94. The van der Waals surface area contributed by atoms with Crippen LogP contribution in [0.5, 0.6) is 5.75 Å². The third kappa shape index (κ3) is 3.01. The lowest BCUT2D eigenvalue weighted by molar-refractivity contribution is -0.122. The molecule has 1 unspecified atom stereocenters. The summed E-state index contributed by atoms with van der Waals surface area (Å²) in [5.74, 6) is 0.856. The SMILES string of the molecule is Cc1ccc(F)c(-c2cc3c(cc2NC2CCC2)N2C(=NNC(=O)C2C)CO3)c1. The van der Waals surface area contributed by atoms with Gasteiger partial charge in [0.2, 0.25) is 0 Å². The summed E-state index contributed by atoms with van der Waals surface area (Å²) in [5, 5.41) is 7.72. The van der Waals surface area contributed by atoms with E-state index in [-0.39, 0.29) is 18.3 Å². The zero-order valence-electron chi connectivity index (χ0n) is 16.5. The van der Waals surface area contributed by atoms with Crippen molar-refractivity contribution in [2.24, 2.45) is 5.10 Å². The van der Waals surface area contributed by atoms with Gasteiger partial charge >= 0.3 is 0 Å². The van der Waals surface area contributed by atoms with Gasteiger partial charge in [-0.3, -0.25) is 4.79 Å². The van der Waals surface area contributed by atoms with Crippen LogP contribution in [0.25, 0.3) is 11.1 Å². The van der Waals surface area contributed by atoms with Crippen LogP contribution >= 0.6 is 0 Å². The van der Waals surface area contributed by atoms with Crippen LogP contribution in [-0.4, -0.2) is 30.4 Å². The maximum atomic E-state index is 14.7. The van der Waals surface area contributed by atoms with Crippen LogP contribution < -0.4 is 20.4 Å². The van der Waals surface area contributed by atoms with Crippen molar-refractivity contribution in [2.75, 3.05) is 16.8 Å². The highest BCUT2D eigenvalue weighted by Crippen LogP contribution is 2.44. The number of hydrogen-bond donors (Lipinski definition) is 2. The van der Waals surface area contributed by atoms with Crippen molar-refractivity contribution in [3.05, 3.63) is 41.7 Å². The third-order valence-electron chi connectivity index (χ3n) is 5.93. The highest BCUT2D eigenvalue weighted by atomic mass is 19.1. The molecule has 6 nitrogen and oxygen atoms in total. The Morgan fingerprint density at radius 2 is 2.07 bits per heavy atom. The number of fused-ring (bicyclic) bond motifs is 3. The lowest BCUT2D eigenvalue weighted by atomic mass is 9.91. The Morgan fingerprint density at radius 1 is 1.24 bits per heavy atom. The fourth-order valence-corrected chi connectivity index (χ4v) is 4.03. The maximum Gasteiger partial charge on any atom is 0.262 e. The average molecular weight is 394 g/mol. The highest BCUT2D eigenvalue weighted by molar-refractivity contribution is 6.10. The van der Waals surface area contributed by atoms with Gasteiger partial charge in [0.05, 0.1) is 5.69 Å². The Bertz CT molecular complexity index is 1030. The first-order valence-corrected chi connectivity index (χ1v) is 10.0. The molecule has 1 amide bonds. The summed E-state index contributed by atoms with van der Waals surface area (Å²) < 4.78 is 20.7. The summed E-state index contributed by atoms with van der Waals surface area (Å²) in [6.07, 6.45) is 3.39. The first-order chi connectivity index (χ1) is 14.0. The molecule has 2 heterocycles. The molecule has 0 radical (unpaired) electrons. The number of nitrogens with zero attached hydrogens (tertiary/aromatic N) is 2. The Labute approximate surface area is 168 Å². The van der Waals surface area contributed by atoms with Crippen LogP contribution in [0.1, 0.15) is 31.7 Å². The van der Waals surface area contributed by atoms with Crippen LogP contribution in [-0.2, 0) is 4.79 Å². The molecule has 150 valence electrons. The Morgan fingerprint density at radius 3 is 2.83 bits per heavy atom. The zero-order valence-corrected chi connectivity index (χ0v) is 16.5. The maximum absolute atomic E-state index is 14.7. The Kier molecular flexibility index (Phi) is 4.19. The number of nitrogens with one attached hydrogen (secondary N) is 2. The molecule has 2 N–H and O–H groups in total. The minimum Gasteiger partial charge on any atom is -0.483 e. The number of rotatable bonds is 3. The molecule has 3 aliphatic rings. The van der Waals surface area contributed by atoms with Gasteiger partial charge in [-0.2, -0.15) is 5.10 Å². The second-order valence-electron chi connectivity index (χ2n) is 7.96. The molecule has 2 aromatic rings. The van der Waals surface area contributed by atoms with E-state index in [0.717, 1.165) is 35.3 Å². The van der Waals surface area contributed by atoms with Crippen LogP contribution in [0.15, 0.2) is 35.4 Å². The fraction of sp³-hybridized carbons (Fsp3) is 0.364. The summed E-state index contributed by atoms with van der Waals surface area (Å²) in [7, 11) is 0. The molecule has 0 spiro atoms. The van der Waals surface area contributed by atoms with E-state index in [4.69, 9.17) is 4.74 Å². The molecule has 0 bridgehead atoms. The highest BCUT2D eigenvalue weighted by Gasteiger charge is 2.36. The second-order valence-corrected chi connectivity index (χ2v) is 7.96. The van der Waals surface area contributed by atoms with Gasteiger partial charge in [-0.05, 0) is 57.4 Å². The molecular formula is C22H23FN4O2. The molecule has 0 aromatic heterocycles. The number of halogens is 1. The summed E-state index contributed by atoms with van der Waals surface area (Å²) in [5.41, 5.74) is 6.47. The largest absolute Gasteiger partial charge is 0.483 e. The average Bonchev–Trinajstić information content (AvgIpc) is 2.68. The number of benzene rings is 2. The van der Waals surface area contributed by atoms with Gasteiger partial charge in [0.15, 0.2) is 5.84 Å². The minimum absolute atomic E-state index is 0.163. The molecule has 2 aromatic carbocycles. The van der Waals surface area contributed by atoms with Crippen molar-refractivity contribution in [1.29, 1.82) is 0 Å². The van der Waals surface area contributed by atoms with Gasteiger partial charge < -0.3 is 15.0 Å². The lowest BCUT2D eigenvalue weighted by Crippen LogP contribution is -2.55. The molecular weight excluding hydrogens is 371 g/mol. The molecule has 1 aliphatic carbocycles. The van der Waals surface area contributed by atoms with Crippen LogP contribution in [0.4, 0.5) is 15.8 Å². The van der Waals surface area contributed by atoms with E-state index in [1.807, 2.05) is 36.9 Å². The predicted molar refractivity (Wildman–Crippen MR) is 111 cm³/mol. The van der Waals surface area contributed by atoms with Gasteiger partial charge in [0.25, 0.3) is 5.91 Å². The zero-order chi connectivity index (χ0) is 20.1. The Hall–Kier alpha value is -3.09. The van der Waals surface area contributed by atoms with Gasteiger partial charge in [0, 0.05) is 22.9 Å². The van der Waals surface area contributed by atoms with E-state index in [2.05, 4.69) is 15.8 Å². The second kappa shape index (κ2) is 6.76. The number of amides is 1. The fourth-order valence-electron chi connectivity index (χ4n) is 4.03. The number of hydrazone groups is 1. The van der Waals surface area contributed by atoms with E-state index >= 15 is 0 Å². The monoisotopic (exact) mass is 394 g/mol. The quantitative estimate of drug-likeness (QED) is 0.831. The molecule has 0 saturated heterocycles. The van der Waals surface area contributed by atoms with E-state index in [9.17, 15) is 9.18 Å². The van der Waals surface area contributed by atoms with Crippen molar-refractivity contribution in [1.82, 2.24) is 5.43 Å². The van der Waals surface area contributed by atoms with Crippen LogP contribution in [0, 0.1) is 12.7 Å². The number of anilines is 2. The number of carbonyl (C=O) groups is 1. The van der Waals surface area contributed by atoms with Crippen molar-refractivity contribution >= 4 is 23.1 Å². The summed E-state index contributed by atoms with van der Waals surface area (Å²) in [6.45, 7) is 4.04. The van der Waals surface area contributed by atoms with E-state index < -0.39 is 6.04 Å². The normalized spacial score (nSPS) is 20.7. The number of aryl methyl sites for hydroxylation is 1. The first-order valence-electron chi connectivity index (χ1n) is 10.0. The van der Waals surface area contributed by atoms with E-state index in [1.54, 1.807) is 6.07 Å². The first kappa shape index (κ1) is 18.0. The molecule has 2 aliphatic heterocycles. The van der Waals surface area contributed by atoms with Gasteiger partial charge in [-0.1, -0.05) is 11.6 Å². The van der Waals surface area contributed by atoms with Crippen molar-refractivity contribution < 1.29 is 13.9 Å². The van der Waals surface area contributed by atoms with E-state index in [0.29, 0.717) is 23.2 Å². The van der Waals surface area contributed by atoms with Crippen molar-refractivity contribution in [3.63, 3.8) is 0 Å². The minimum atomic E-state index is -0.400. The number of hydrogen-bond acceptors (Lipinski definition) is 5. The van der Waals surface area contributed by atoms with Gasteiger partial charge in [-0.15, -0.1) is 0 Å². The molecule has 1 atom stereocenters. The standard InChI is InChI=1S/C22H23FN4O2/c1-12-6-7-17(23)15(8-12)16-9-20-19(10-18(16)24-14-4-3-5-14)27-13(2)22(28)26-25-21(27)11-29-20/h6-10,13-14,24H,3-5,11H2,1-2H3,(H,26,28). The molecule has 7 heteroatoms. The topological polar surface area (TPSA) is 66.0 Å². The summed E-state index contributed by atoms with van der Waals surface area (Å²) in [4.78, 5) is 14.1. The molecule has 1 saturated carbocycles. The van der Waals surface area contributed by atoms with Crippen LogP contribution in [0.2, 0.25) is 0 Å². The predicted octanol–water partition coefficient (Wildman–Crippen LogP) is 3.80. The molecule has 29 heavy (non-hydrogen) atoms. The molecule has 5 rings (SSSR count). The van der Waals surface area contributed by atoms with E-state index in [1.165, 1.54) is 12.5 Å². The van der Waals surface area contributed by atoms with Gasteiger partial charge in [0.1, 0.15) is 24.2 Å². The van der Waals surface area contributed by atoms with Crippen LogP contribution in [0.3, 0.4) is 0 Å².